The third kappa shape index (κ3) is 2.66. The van der Waals surface area contributed by atoms with Crippen molar-refractivity contribution < 1.29 is 9.53 Å². The van der Waals surface area contributed by atoms with Crippen molar-refractivity contribution in [1.29, 1.82) is 0 Å². The number of carbonyl (C=O) groups is 1. The maximum atomic E-state index is 12.5. The van der Waals surface area contributed by atoms with Gasteiger partial charge in [0.25, 0.3) is 0 Å². The minimum Gasteiger partial charge on any atom is -0.486 e. The number of ketones is 1. The number of carbonyl (C=O) groups excluding carboxylic acids is 1. The molecule has 1 fully saturated rings. The fourth-order valence-corrected chi connectivity index (χ4v) is 5.14. The Labute approximate surface area is 160 Å². The Balaban J connectivity index is 1.36. The lowest BCUT2D eigenvalue weighted by molar-refractivity contribution is 0.0232. The minimum atomic E-state index is -0.373. The van der Waals surface area contributed by atoms with Gasteiger partial charge in [0.15, 0.2) is 10.9 Å². The molecule has 0 N–H and O–H groups in total. The van der Waals surface area contributed by atoms with Crippen LogP contribution >= 0.6 is 22.9 Å². The molecule has 2 aromatic carbocycles. The second-order valence-corrected chi connectivity index (χ2v) is 8.42. The van der Waals surface area contributed by atoms with E-state index in [1.807, 2.05) is 42.5 Å². The number of thiazole rings is 1. The number of piperidine rings is 1. The van der Waals surface area contributed by atoms with E-state index in [1.165, 1.54) is 0 Å². The fourth-order valence-electron chi connectivity index (χ4n) is 3.85. The van der Waals surface area contributed by atoms with Crippen LogP contribution in [0.15, 0.2) is 42.5 Å². The summed E-state index contributed by atoms with van der Waals surface area (Å²) in [6.45, 7) is 1.67. The van der Waals surface area contributed by atoms with Crippen LogP contribution in [-0.4, -0.2) is 29.5 Å². The van der Waals surface area contributed by atoms with Gasteiger partial charge in [-0.05, 0) is 30.3 Å². The summed E-state index contributed by atoms with van der Waals surface area (Å²) in [5, 5.41) is 1.75. The zero-order chi connectivity index (χ0) is 17.7. The average Bonchev–Trinajstić information content (AvgIpc) is 3.05. The van der Waals surface area contributed by atoms with Gasteiger partial charge in [-0.3, -0.25) is 4.79 Å². The van der Waals surface area contributed by atoms with Crippen molar-refractivity contribution in [3.8, 4) is 5.75 Å². The van der Waals surface area contributed by atoms with Crippen molar-refractivity contribution >= 4 is 44.1 Å². The molecule has 0 saturated carbocycles. The number of rotatable bonds is 1. The van der Waals surface area contributed by atoms with Gasteiger partial charge in [-0.1, -0.05) is 35.1 Å². The highest BCUT2D eigenvalue weighted by Crippen LogP contribution is 2.41. The lowest BCUT2D eigenvalue weighted by Gasteiger charge is -2.43. The largest absolute Gasteiger partial charge is 0.486 e. The summed E-state index contributed by atoms with van der Waals surface area (Å²) in [5.74, 6) is 0.918. The van der Waals surface area contributed by atoms with Gasteiger partial charge in [-0.15, -0.1) is 0 Å². The molecule has 5 rings (SSSR count). The first-order valence-electron chi connectivity index (χ1n) is 8.74. The van der Waals surface area contributed by atoms with Crippen molar-refractivity contribution in [2.24, 2.45) is 0 Å². The summed E-state index contributed by atoms with van der Waals surface area (Å²) in [6, 6.07) is 13.4. The van der Waals surface area contributed by atoms with Crippen LogP contribution < -0.4 is 9.64 Å². The van der Waals surface area contributed by atoms with Crippen LogP contribution in [-0.2, 0) is 0 Å². The van der Waals surface area contributed by atoms with Crippen LogP contribution in [0.1, 0.15) is 29.6 Å². The highest BCUT2D eigenvalue weighted by Gasteiger charge is 2.43. The van der Waals surface area contributed by atoms with Gasteiger partial charge in [0.2, 0.25) is 0 Å². The van der Waals surface area contributed by atoms with E-state index in [0.29, 0.717) is 12.0 Å². The summed E-state index contributed by atoms with van der Waals surface area (Å²) in [7, 11) is 0. The van der Waals surface area contributed by atoms with Crippen LogP contribution in [0.3, 0.4) is 0 Å². The number of benzene rings is 2. The highest BCUT2D eigenvalue weighted by atomic mass is 35.5. The zero-order valence-corrected chi connectivity index (χ0v) is 15.6. The molecule has 0 aliphatic carbocycles. The van der Waals surface area contributed by atoms with Crippen molar-refractivity contribution in [1.82, 2.24) is 4.98 Å². The predicted octanol–water partition coefficient (Wildman–Crippen LogP) is 4.95. The Kier molecular flexibility index (Phi) is 3.69. The molecule has 3 heterocycles. The number of hydrogen-bond donors (Lipinski definition) is 0. The topological polar surface area (TPSA) is 42.4 Å². The van der Waals surface area contributed by atoms with E-state index in [9.17, 15) is 4.79 Å². The Hall–Kier alpha value is -2.11. The molecule has 2 aliphatic heterocycles. The van der Waals surface area contributed by atoms with E-state index in [4.69, 9.17) is 21.3 Å². The van der Waals surface area contributed by atoms with Gasteiger partial charge in [-0.25, -0.2) is 4.98 Å². The van der Waals surface area contributed by atoms with E-state index in [2.05, 4.69) is 4.90 Å². The van der Waals surface area contributed by atoms with Crippen molar-refractivity contribution in [2.75, 3.05) is 18.0 Å². The first-order chi connectivity index (χ1) is 12.6. The molecule has 0 atom stereocenters. The first-order valence-corrected chi connectivity index (χ1v) is 9.94. The highest BCUT2D eigenvalue weighted by molar-refractivity contribution is 7.22. The lowest BCUT2D eigenvalue weighted by Crippen LogP contribution is -2.51. The maximum Gasteiger partial charge on any atom is 0.186 e. The maximum absolute atomic E-state index is 12.5. The van der Waals surface area contributed by atoms with Gasteiger partial charge in [-0.2, -0.15) is 0 Å². The Bertz CT molecular complexity index is 1010. The number of ether oxygens (including phenoxy) is 1. The first kappa shape index (κ1) is 16.1. The van der Waals surface area contributed by atoms with Gasteiger partial charge < -0.3 is 9.64 Å². The molecule has 0 amide bonds. The molecule has 2 aliphatic rings. The number of hydrogen-bond acceptors (Lipinski definition) is 5. The molecule has 132 valence electrons. The van der Waals surface area contributed by atoms with Crippen LogP contribution in [0.2, 0.25) is 5.02 Å². The summed E-state index contributed by atoms with van der Waals surface area (Å²) in [5.41, 5.74) is 1.32. The molecule has 1 aromatic heterocycles. The van der Waals surface area contributed by atoms with Crippen molar-refractivity contribution in [3.05, 3.63) is 53.1 Å². The molecule has 0 unspecified atom stereocenters. The third-order valence-electron chi connectivity index (χ3n) is 5.28. The van der Waals surface area contributed by atoms with Gasteiger partial charge in [0, 0.05) is 31.0 Å². The number of fused-ring (bicyclic) bond motifs is 2. The number of halogens is 1. The Morgan fingerprint density at radius 3 is 2.81 bits per heavy atom. The molecule has 0 bridgehead atoms. The molecular formula is C20H17ClN2O2S. The monoisotopic (exact) mass is 384 g/mol. The SMILES string of the molecule is O=C1CC2(CCN(c3nc4ccc(Cl)cc4s3)CC2)Oc2ccccc21. The van der Waals surface area contributed by atoms with E-state index in [0.717, 1.165) is 52.1 Å². The van der Waals surface area contributed by atoms with Crippen LogP contribution in [0.5, 0.6) is 5.75 Å². The van der Waals surface area contributed by atoms with Crippen molar-refractivity contribution in [2.45, 2.75) is 24.9 Å². The molecule has 0 radical (unpaired) electrons. The normalized spacial score (nSPS) is 18.8. The van der Waals surface area contributed by atoms with Crippen LogP contribution in [0.25, 0.3) is 10.2 Å². The lowest BCUT2D eigenvalue weighted by atomic mass is 9.82. The molecule has 6 heteroatoms. The number of nitrogens with zero attached hydrogens (tertiary/aromatic N) is 2. The van der Waals surface area contributed by atoms with Crippen LogP contribution in [0.4, 0.5) is 5.13 Å². The summed E-state index contributed by atoms with van der Waals surface area (Å²) in [6.07, 6.45) is 2.11. The number of aromatic nitrogens is 1. The standard InChI is InChI=1S/C20H17ClN2O2S/c21-13-5-6-15-18(11-13)26-19(22-15)23-9-7-20(8-10-23)12-16(24)14-3-1-2-4-17(14)25-20/h1-6,11H,7-10,12H2. The van der Waals surface area contributed by atoms with Gasteiger partial charge in [0.1, 0.15) is 11.4 Å². The number of Topliss-reactive ketones (excluding diaryl/α,β-unsaturated/α-hetero) is 1. The Morgan fingerprint density at radius 1 is 1.15 bits per heavy atom. The van der Waals surface area contributed by atoms with E-state index in [-0.39, 0.29) is 11.4 Å². The molecule has 26 heavy (non-hydrogen) atoms. The predicted molar refractivity (Wildman–Crippen MR) is 105 cm³/mol. The minimum absolute atomic E-state index is 0.190. The summed E-state index contributed by atoms with van der Waals surface area (Å²) in [4.78, 5) is 19.6. The Morgan fingerprint density at radius 2 is 1.96 bits per heavy atom. The fraction of sp³-hybridized carbons (Fsp3) is 0.300. The van der Waals surface area contributed by atoms with Gasteiger partial charge in [0.05, 0.1) is 22.2 Å². The average molecular weight is 385 g/mol. The van der Waals surface area contributed by atoms with Gasteiger partial charge >= 0.3 is 0 Å². The quantitative estimate of drug-likeness (QED) is 0.595. The molecule has 1 spiro atoms. The second kappa shape index (κ2) is 5.96. The molecule has 4 nitrogen and oxygen atoms in total. The summed E-state index contributed by atoms with van der Waals surface area (Å²) >= 11 is 7.75. The third-order valence-corrected chi connectivity index (χ3v) is 6.60. The smallest absolute Gasteiger partial charge is 0.186 e. The molecular weight excluding hydrogens is 368 g/mol. The van der Waals surface area contributed by atoms with E-state index < -0.39 is 0 Å². The molecule has 1 saturated heterocycles. The van der Waals surface area contributed by atoms with E-state index in [1.54, 1.807) is 11.3 Å². The van der Waals surface area contributed by atoms with Crippen molar-refractivity contribution in [3.63, 3.8) is 0 Å². The summed E-state index contributed by atoms with van der Waals surface area (Å²) < 4.78 is 7.41. The number of anilines is 1. The molecule has 3 aromatic rings. The zero-order valence-electron chi connectivity index (χ0n) is 14.1. The van der Waals surface area contributed by atoms with E-state index >= 15 is 0 Å². The van der Waals surface area contributed by atoms with Crippen LogP contribution in [0, 0.1) is 0 Å². The number of para-hydroxylation sites is 1. The second-order valence-electron chi connectivity index (χ2n) is 6.98.